The molecule has 0 bridgehead atoms. The highest BCUT2D eigenvalue weighted by atomic mass is 79.9. The number of nitrogens with zero attached hydrogens (tertiary/aromatic N) is 1. The molecule has 0 spiro atoms. The fraction of sp³-hybridized carbons (Fsp3) is 0.167. The van der Waals surface area contributed by atoms with E-state index in [4.69, 9.17) is 16.7 Å². The first-order chi connectivity index (χ1) is 8.56. The maximum atomic E-state index is 10.5. The average molecular weight is 347 g/mol. The molecule has 1 heterocycles. The van der Waals surface area contributed by atoms with Crippen LogP contribution in [0, 0.1) is 0 Å². The van der Waals surface area contributed by atoms with Gasteiger partial charge < -0.3 is 5.11 Å². The average Bonchev–Trinajstić information content (AvgIpc) is 2.75. The summed E-state index contributed by atoms with van der Waals surface area (Å²) in [4.78, 5) is 14.9. The van der Waals surface area contributed by atoms with Crippen LogP contribution in [0.4, 0.5) is 0 Å². The summed E-state index contributed by atoms with van der Waals surface area (Å²) >= 11 is 10.8. The summed E-state index contributed by atoms with van der Waals surface area (Å²) in [6, 6.07) is 5.52. The van der Waals surface area contributed by atoms with Crippen LogP contribution in [0.5, 0.6) is 0 Å². The zero-order chi connectivity index (χ0) is 13.1. The summed E-state index contributed by atoms with van der Waals surface area (Å²) in [6.07, 6.45) is 0.558. The molecule has 0 saturated heterocycles. The van der Waals surface area contributed by atoms with Crippen molar-refractivity contribution in [3.05, 3.63) is 38.8 Å². The first-order valence-corrected chi connectivity index (χ1v) is 7.23. The molecule has 0 aliphatic heterocycles. The lowest BCUT2D eigenvalue weighted by molar-refractivity contribution is -0.136. The van der Waals surface area contributed by atoms with E-state index in [1.54, 1.807) is 6.07 Å². The molecular formula is C12H9BrClNO2S. The lowest BCUT2D eigenvalue weighted by Crippen LogP contribution is -1.97. The fourth-order valence-corrected chi connectivity index (χ4v) is 3.34. The van der Waals surface area contributed by atoms with E-state index >= 15 is 0 Å². The van der Waals surface area contributed by atoms with Gasteiger partial charge in [-0.25, -0.2) is 4.98 Å². The van der Waals surface area contributed by atoms with Crippen molar-refractivity contribution in [3.8, 4) is 10.6 Å². The maximum Gasteiger partial charge on any atom is 0.303 e. The molecule has 2 aromatic rings. The Balaban J connectivity index is 2.21. The molecular weight excluding hydrogens is 338 g/mol. The largest absolute Gasteiger partial charge is 0.481 e. The molecule has 0 radical (unpaired) electrons. The van der Waals surface area contributed by atoms with Gasteiger partial charge in [0.05, 0.1) is 12.1 Å². The summed E-state index contributed by atoms with van der Waals surface area (Å²) in [5.74, 6) is -0.808. The number of aromatic nitrogens is 1. The van der Waals surface area contributed by atoms with Gasteiger partial charge in [0.1, 0.15) is 5.01 Å². The molecule has 0 fully saturated rings. The van der Waals surface area contributed by atoms with Crippen molar-refractivity contribution in [1.29, 1.82) is 0 Å². The van der Waals surface area contributed by atoms with Crippen LogP contribution in [0.3, 0.4) is 0 Å². The highest BCUT2D eigenvalue weighted by molar-refractivity contribution is 9.10. The van der Waals surface area contributed by atoms with Crippen molar-refractivity contribution in [2.45, 2.75) is 12.8 Å². The monoisotopic (exact) mass is 345 g/mol. The Morgan fingerprint density at radius 1 is 1.50 bits per heavy atom. The van der Waals surface area contributed by atoms with Crippen LogP contribution < -0.4 is 0 Å². The molecule has 0 atom stereocenters. The molecule has 3 nitrogen and oxygen atoms in total. The Hall–Kier alpha value is -0.910. The number of aliphatic carboxylic acids is 1. The summed E-state index contributed by atoms with van der Waals surface area (Å²) in [5.41, 5.74) is 1.77. The van der Waals surface area contributed by atoms with Crippen LogP contribution in [0.2, 0.25) is 5.02 Å². The second-order valence-corrected chi connectivity index (χ2v) is 5.81. The van der Waals surface area contributed by atoms with Gasteiger partial charge in [0.25, 0.3) is 0 Å². The third kappa shape index (κ3) is 3.31. The van der Waals surface area contributed by atoms with Crippen LogP contribution in [0.15, 0.2) is 28.1 Å². The van der Waals surface area contributed by atoms with Crippen molar-refractivity contribution >= 4 is 44.8 Å². The van der Waals surface area contributed by atoms with Crippen LogP contribution in [0.1, 0.15) is 12.1 Å². The van der Waals surface area contributed by atoms with Crippen LogP contribution in [0.25, 0.3) is 10.6 Å². The fourth-order valence-electron chi connectivity index (χ4n) is 1.44. The zero-order valence-corrected chi connectivity index (χ0v) is 12.3. The van der Waals surface area contributed by atoms with Crippen LogP contribution >= 0.6 is 38.9 Å². The van der Waals surface area contributed by atoms with Crippen molar-refractivity contribution in [1.82, 2.24) is 4.98 Å². The summed E-state index contributed by atoms with van der Waals surface area (Å²) < 4.78 is 0.883. The van der Waals surface area contributed by atoms with Gasteiger partial charge in [-0.3, -0.25) is 4.79 Å². The zero-order valence-electron chi connectivity index (χ0n) is 9.19. The molecule has 0 aliphatic carbocycles. The van der Waals surface area contributed by atoms with Crippen molar-refractivity contribution < 1.29 is 9.90 Å². The van der Waals surface area contributed by atoms with Crippen molar-refractivity contribution in [2.75, 3.05) is 0 Å². The quantitative estimate of drug-likeness (QED) is 0.900. The van der Waals surface area contributed by atoms with Gasteiger partial charge in [0, 0.05) is 26.9 Å². The minimum absolute atomic E-state index is 0.102. The number of rotatable bonds is 4. The second-order valence-electron chi connectivity index (χ2n) is 3.66. The number of halogens is 2. The Bertz CT molecular complexity index is 585. The minimum atomic E-state index is -0.808. The molecule has 1 aromatic carbocycles. The summed E-state index contributed by atoms with van der Waals surface area (Å²) in [6.45, 7) is 0. The predicted octanol–water partition coefficient (Wildman–Crippen LogP) is 4.24. The standard InChI is InChI=1S/C12H9BrClNO2S/c13-10-5-7(14)1-3-9(10)12-15-8(6-18-12)2-4-11(16)17/h1,3,5-6H,2,4H2,(H,16,17). The van der Waals surface area contributed by atoms with Crippen molar-refractivity contribution in [2.24, 2.45) is 0 Å². The van der Waals surface area contributed by atoms with E-state index in [1.807, 2.05) is 17.5 Å². The third-order valence-electron chi connectivity index (χ3n) is 2.31. The first-order valence-electron chi connectivity index (χ1n) is 5.18. The van der Waals surface area contributed by atoms with E-state index in [2.05, 4.69) is 20.9 Å². The van der Waals surface area contributed by atoms with Crippen LogP contribution in [-0.2, 0) is 11.2 Å². The smallest absolute Gasteiger partial charge is 0.303 e. The number of aryl methyl sites for hydroxylation is 1. The summed E-state index contributed by atoms with van der Waals surface area (Å²) in [5, 5.41) is 12.0. The van der Waals surface area contributed by atoms with Gasteiger partial charge in [-0.05, 0) is 18.2 Å². The summed E-state index contributed by atoms with van der Waals surface area (Å²) in [7, 11) is 0. The van der Waals surface area contributed by atoms with Gasteiger partial charge in [-0.15, -0.1) is 11.3 Å². The topological polar surface area (TPSA) is 50.2 Å². The van der Waals surface area contributed by atoms with Gasteiger partial charge >= 0.3 is 5.97 Å². The van der Waals surface area contributed by atoms with Crippen LogP contribution in [-0.4, -0.2) is 16.1 Å². The number of benzene rings is 1. The SMILES string of the molecule is O=C(O)CCc1csc(-c2ccc(Cl)cc2Br)n1. The Morgan fingerprint density at radius 2 is 2.28 bits per heavy atom. The molecule has 0 unspecified atom stereocenters. The molecule has 18 heavy (non-hydrogen) atoms. The Morgan fingerprint density at radius 3 is 2.94 bits per heavy atom. The first kappa shape index (κ1) is 13.5. The van der Waals surface area contributed by atoms with E-state index in [9.17, 15) is 4.79 Å². The Labute approximate surface area is 122 Å². The van der Waals surface area contributed by atoms with Gasteiger partial charge in [-0.1, -0.05) is 27.5 Å². The molecule has 0 aliphatic rings. The molecule has 0 amide bonds. The Kier molecular flexibility index (Phi) is 4.37. The number of carboxylic acid groups (broad SMARTS) is 1. The molecule has 2 rings (SSSR count). The molecule has 1 N–H and O–H groups in total. The molecule has 6 heteroatoms. The maximum absolute atomic E-state index is 10.5. The van der Waals surface area contributed by atoms with Gasteiger partial charge in [0.2, 0.25) is 0 Å². The predicted molar refractivity (Wildman–Crippen MR) is 76.2 cm³/mol. The highest BCUT2D eigenvalue weighted by Gasteiger charge is 2.09. The highest BCUT2D eigenvalue weighted by Crippen LogP contribution is 2.32. The third-order valence-corrected chi connectivity index (χ3v) is 4.12. The number of thiazole rings is 1. The second kappa shape index (κ2) is 5.82. The number of carboxylic acids is 1. The van der Waals surface area contributed by atoms with Gasteiger partial charge in [-0.2, -0.15) is 0 Å². The molecule has 0 saturated carbocycles. The van der Waals surface area contributed by atoms with E-state index in [-0.39, 0.29) is 6.42 Å². The lowest BCUT2D eigenvalue weighted by Gasteiger charge is -2.00. The minimum Gasteiger partial charge on any atom is -0.481 e. The van der Waals surface area contributed by atoms with E-state index in [0.717, 1.165) is 20.7 Å². The van der Waals surface area contributed by atoms with E-state index in [0.29, 0.717) is 11.4 Å². The number of hydrogen-bond acceptors (Lipinski definition) is 3. The number of hydrogen-bond donors (Lipinski definition) is 1. The molecule has 1 aromatic heterocycles. The van der Waals surface area contributed by atoms with E-state index < -0.39 is 5.97 Å². The van der Waals surface area contributed by atoms with Crippen molar-refractivity contribution in [3.63, 3.8) is 0 Å². The lowest BCUT2D eigenvalue weighted by atomic mass is 10.2. The normalized spacial score (nSPS) is 10.6. The van der Waals surface area contributed by atoms with E-state index in [1.165, 1.54) is 11.3 Å². The number of carbonyl (C=O) groups is 1. The van der Waals surface area contributed by atoms with Gasteiger partial charge in [0.15, 0.2) is 0 Å². The molecule has 94 valence electrons.